The number of rotatable bonds is 7. The summed E-state index contributed by atoms with van der Waals surface area (Å²) in [5.41, 5.74) is 0.431. The molecule has 0 saturated carbocycles. The van der Waals surface area contributed by atoms with Gasteiger partial charge in [0.1, 0.15) is 0 Å². The van der Waals surface area contributed by atoms with Crippen molar-refractivity contribution in [2.75, 3.05) is 6.54 Å². The van der Waals surface area contributed by atoms with Gasteiger partial charge in [-0.3, -0.25) is 14.2 Å². The van der Waals surface area contributed by atoms with Crippen LogP contribution in [0.4, 0.5) is 0 Å². The highest BCUT2D eigenvalue weighted by Crippen LogP contribution is 2.24. The summed E-state index contributed by atoms with van der Waals surface area (Å²) >= 11 is 7.27. The number of fused-ring (bicyclic) bond motifs is 1. The van der Waals surface area contributed by atoms with Crippen molar-refractivity contribution in [1.29, 1.82) is 0 Å². The zero-order chi connectivity index (χ0) is 17.7. The van der Waals surface area contributed by atoms with Crippen LogP contribution in [0.3, 0.4) is 0 Å². The first-order valence-corrected chi connectivity index (χ1v) is 8.99. The first-order valence-electron chi connectivity index (χ1n) is 7.73. The van der Waals surface area contributed by atoms with E-state index in [1.54, 1.807) is 35.8 Å². The van der Waals surface area contributed by atoms with E-state index in [-0.39, 0.29) is 16.7 Å². The number of benzene rings is 1. The number of carbonyl (C=O) groups is 1. The summed E-state index contributed by atoms with van der Waals surface area (Å²) in [6.07, 6.45) is 2.42. The molecule has 0 unspecified atom stereocenters. The summed E-state index contributed by atoms with van der Waals surface area (Å²) in [4.78, 5) is 29.3. The van der Waals surface area contributed by atoms with Gasteiger partial charge in [-0.2, -0.15) is 0 Å². The largest absolute Gasteiger partial charge is 0.352 e. The maximum absolute atomic E-state index is 12.7. The monoisotopic (exact) mass is 365 g/mol. The smallest absolute Gasteiger partial charge is 0.262 e. The summed E-state index contributed by atoms with van der Waals surface area (Å²) in [5.74, 6) is -0.122. The van der Waals surface area contributed by atoms with Crippen LogP contribution in [0.25, 0.3) is 10.9 Å². The SMILES string of the molecule is C=CCNC(=O)[C@@H](C)Sc1nc2cc(Cl)ccc2c(=O)n1CCC. The number of aromatic nitrogens is 2. The molecule has 0 spiro atoms. The average Bonchev–Trinajstić information content (AvgIpc) is 2.55. The van der Waals surface area contributed by atoms with Crippen LogP contribution < -0.4 is 10.9 Å². The van der Waals surface area contributed by atoms with Crippen LogP contribution in [0.5, 0.6) is 0 Å². The summed E-state index contributed by atoms with van der Waals surface area (Å²) in [5, 5.41) is 3.95. The minimum Gasteiger partial charge on any atom is -0.352 e. The maximum Gasteiger partial charge on any atom is 0.262 e. The Balaban J connectivity index is 2.43. The highest BCUT2D eigenvalue weighted by Gasteiger charge is 2.18. The van der Waals surface area contributed by atoms with E-state index in [4.69, 9.17) is 11.6 Å². The molecule has 1 heterocycles. The van der Waals surface area contributed by atoms with E-state index in [1.165, 1.54) is 11.8 Å². The Bertz CT molecular complexity index is 819. The fourth-order valence-corrected chi connectivity index (χ4v) is 3.34. The van der Waals surface area contributed by atoms with Crippen molar-refractivity contribution in [2.24, 2.45) is 0 Å². The third-order valence-electron chi connectivity index (χ3n) is 3.40. The van der Waals surface area contributed by atoms with E-state index in [9.17, 15) is 9.59 Å². The van der Waals surface area contributed by atoms with Crippen molar-refractivity contribution in [3.63, 3.8) is 0 Å². The maximum atomic E-state index is 12.7. The third kappa shape index (κ3) is 4.19. The van der Waals surface area contributed by atoms with Gasteiger partial charge in [-0.1, -0.05) is 36.4 Å². The number of carbonyl (C=O) groups excluding carboxylic acids is 1. The summed E-state index contributed by atoms with van der Waals surface area (Å²) in [6.45, 7) is 8.31. The van der Waals surface area contributed by atoms with Crippen molar-refractivity contribution in [3.05, 3.63) is 46.2 Å². The van der Waals surface area contributed by atoms with Crippen LogP contribution >= 0.6 is 23.4 Å². The molecule has 0 radical (unpaired) electrons. The molecule has 2 rings (SSSR count). The molecule has 24 heavy (non-hydrogen) atoms. The van der Waals surface area contributed by atoms with Crippen LogP contribution in [0.15, 0.2) is 40.8 Å². The second-order valence-corrected chi connectivity index (χ2v) is 7.05. The van der Waals surface area contributed by atoms with Crippen LogP contribution in [0, 0.1) is 0 Å². The quantitative estimate of drug-likeness (QED) is 0.464. The highest BCUT2D eigenvalue weighted by molar-refractivity contribution is 8.00. The Morgan fingerprint density at radius 2 is 2.29 bits per heavy atom. The zero-order valence-electron chi connectivity index (χ0n) is 13.7. The van der Waals surface area contributed by atoms with Gasteiger partial charge >= 0.3 is 0 Å². The van der Waals surface area contributed by atoms with Crippen LogP contribution in [0.1, 0.15) is 20.3 Å². The minimum absolute atomic E-state index is 0.111. The van der Waals surface area contributed by atoms with E-state index in [0.717, 1.165) is 6.42 Å². The molecule has 0 bridgehead atoms. The van der Waals surface area contributed by atoms with Crippen LogP contribution in [0.2, 0.25) is 5.02 Å². The molecule has 2 aromatic rings. The van der Waals surface area contributed by atoms with Gasteiger partial charge in [0.25, 0.3) is 5.56 Å². The molecule has 0 aliphatic carbocycles. The molecule has 1 amide bonds. The Labute approximate surface area is 150 Å². The highest BCUT2D eigenvalue weighted by atomic mass is 35.5. The van der Waals surface area contributed by atoms with E-state index < -0.39 is 0 Å². The van der Waals surface area contributed by atoms with E-state index in [0.29, 0.717) is 34.2 Å². The van der Waals surface area contributed by atoms with Crippen molar-refractivity contribution in [3.8, 4) is 0 Å². The topological polar surface area (TPSA) is 64.0 Å². The normalized spacial score (nSPS) is 12.1. The lowest BCUT2D eigenvalue weighted by Crippen LogP contribution is -2.32. The summed E-state index contributed by atoms with van der Waals surface area (Å²) in [6, 6.07) is 5.04. The van der Waals surface area contributed by atoms with Gasteiger partial charge in [-0.15, -0.1) is 6.58 Å². The molecule has 0 fully saturated rings. The summed E-state index contributed by atoms with van der Waals surface area (Å²) in [7, 11) is 0. The molecular formula is C17H20ClN3O2S. The zero-order valence-corrected chi connectivity index (χ0v) is 15.3. The molecule has 1 aromatic heterocycles. The second kappa shape index (κ2) is 8.35. The second-order valence-electron chi connectivity index (χ2n) is 5.31. The standard InChI is InChI=1S/C17H20ClN3O2S/c1-4-8-19-15(22)11(3)24-17-20-14-10-12(18)6-7-13(14)16(23)21(17)9-5-2/h4,6-7,10-11H,1,5,8-9H2,2-3H3,(H,19,22)/t11-/m1/s1. The average molecular weight is 366 g/mol. The third-order valence-corrected chi connectivity index (χ3v) is 4.73. The predicted molar refractivity (Wildman–Crippen MR) is 99.8 cm³/mol. The fourth-order valence-electron chi connectivity index (χ4n) is 2.21. The number of nitrogens with zero attached hydrogens (tertiary/aromatic N) is 2. The van der Waals surface area contributed by atoms with Crippen molar-refractivity contribution < 1.29 is 4.79 Å². The first-order chi connectivity index (χ1) is 11.5. The van der Waals surface area contributed by atoms with Crippen molar-refractivity contribution >= 4 is 40.2 Å². The molecule has 1 atom stereocenters. The summed E-state index contributed by atoms with van der Waals surface area (Å²) < 4.78 is 1.62. The van der Waals surface area contributed by atoms with E-state index in [2.05, 4.69) is 16.9 Å². The molecule has 5 nitrogen and oxygen atoms in total. The lowest BCUT2D eigenvalue weighted by atomic mass is 10.2. The molecule has 0 aliphatic rings. The van der Waals surface area contributed by atoms with E-state index in [1.807, 2.05) is 6.92 Å². The lowest BCUT2D eigenvalue weighted by Gasteiger charge is -2.15. The number of thioether (sulfide) groups is 1. The Morgan fingerprint density at radius 1 is 1.54 bits per heavy atom. The van der Waals surface area contributed by atoms with Gasteiger partial charge < -0.3 is 5.32 Å². The molecule has 1 aromatic carbocycles. The number of amides is 1. The van der Waals surface area contributed by atoms with Crippen LogP contribution in [-0.4, -0.2) is 27.3 Å². The van der Waals surface area contributed by atoms with E-state index >= 15 is 0 Å². The van der Waals surface area contributed by atoms with Gasteiger partial charge in [-0.25, -0.2) is 4.98 Å². The van der Waals surface area contributed by atoms with Gasteiger partial charge in [0.05, 0.1) is 16.2 Å². The fraction of sp³-hybridized carbons (Fsp3) is 0.353. The molecule has 0 aliphatic heterocycles. The molecule has 1 N–H and O–H groups in total. The van der Waals surface area contributed by atoms with Gasteiger partial charge in [-0.05, 0) is 31.5 Å². The lowest BCUT2D eigenvalue weighted by molar-refractivity contribution is -0.120. The molecule has 7 heteroatoms. The van der Waals surface area contributed by atoms with Gasteiger partial charge in [0.15, 0.2) is 5.16 Å². The van der Waals surface area contributed by atoms with Gasteiger partial charge in [0.2, 0.25) is 5.91 Å². The minimum atomic E-state index is -0.378. The predicted octanol–water partition coefficient (Wildman–Crippen LogP) is 3.24. The molecule has 0 saturated heterocycles. The first kappa shape index (κ1) is 18.5. The van der Waals surface area contributed by atoms with Gasteiger partial charge in [0, 0.05) is 18.1 Å². The molecule has 128 valence electrons. The Hall–Kier alpha value is -1.79. The Kier molecular flexibility index (Phi) is 6.45. The van der Waals surface area contributed by atoms with Crippen LogP contribution in [-0.2, 0) is 11.3 Å². The Morgan fingerprint density at radius 3 is 2.96 bits per heavy atom. The molecular weight excluding hydrogens is 346 g/mol. The number of nitrogens with one attached hydrogen (secondary N) is 1. The number of hydrogen-bond acceptors (Lipinski definition) is 4. The number of hydrogen-bond donors (Lipinski definition) is 1. The van der Waals surface area contributed by atoms with Crippen molar-refractivity contribution in [2.45, 2.75) is 37.2 Å². The number of halogens is 1. The van der Waals surface area contributed by atoms with Crippen molar-refractivity contribution in [1.82, 2.24) is 14.9 Å².